The van der Waals surface area contributed by atoms with E-state index in [-0.39, 0.29) is 40.4 Å². The van der Waals surface area contributed by atoms with Crippen molar-refractivity contribution in [2.45, 2.75) is 52.5 Å². The van der Waals surface area contributed by atoms with Crippen molar-refractivity contribution in [2.75, 3.05) is 18.1 Å². The van der Waals surface area contributed by atoms with Crippen LogP contribution in [0.2, 0.25) is 0 Å². The van der Waals surface area contributed by atoms with E-state index in [1.54, 1.807) is 48.5 Å². The van der Waals surface area contributed by atoms with Crippen molar-refractivity contribution in [3.8, 4) is 11.5 Å². The van der Waals surface area contributed by atoms with Crippen LogP contribution in [-0.2, 0) is 19.7 Å². The average molecular weight is 558 g/mol. The molecule has 0 spiro atoms. The molecule has 3 aromatic carbocycles. The summed E-state index contributed by atoms with van der Waals surface area (Å²) < 4.78 is 11.1. The third kappa shape index (κ3) is 5.96. The molecular weight excluding hydrogens is 522 g/mol. The van der Waals surface area contributed by atoms with Gasteiger partial charge in [0.15, 0.2) is 0 Å². The van der Waals surface area contributed by atoms with Crippen molar-refractivity contribution >= 4 is 29.1 Å². The number of ketones is 1. The van der Waals surface area contributed by atoms with Gasteiger partial charge in [0, 0.05) is 16.8 Å². The molecule has 1 fully saturated rings. The lowest BCUT2D eigenvalue weighted by Crippen LogP contribution is -2.29. The fourth-order valence-electron chi connectivity index (χ4n) is 4.83. The van der Waals surface area contributed by atoms with Crippen LogP contribution in [0, 0.1) is 0 Å². The predicted molar refractivity (Wildman–Crippen MR) is 156 cm³/mol. The van der Waals surface area contributed by atoms with Crippen LogP contribution in [0.25, 0.3) is 5.76 Å². The maximum atomic E-state index is 13.6. The molecule has 2 N–H and O–H groups in total. The maximum absolute atomic E-state index is 13.6. The van der Waals surface area contributed by atoms with Gasteiger partial charge >= 0.3 is 5.97 Å². The topological polar surface area (TPSA) is 113 Å². The molecule has 1 amide bonds. The monoisotopic (exact) mass is 557 g/mol. The second-order valence-electron chi connectivity index (χ2n) is 10.8. The SMILES string of the molecule is CCCOC(=O)c1cccc(N2C(=O)C(=O)/C(=C(\O)c3ccc(OCC)c(C(C)(C)C)c3)C2c2ccc(O)cc2)c1. The molecule has 1 heterocycles. The first kappa shape index (κ1) is 29.4. The number of phenolic OH excluding ortho intramolecular Hbond substituents is 1. The minimum Gasteiger partial charge on any atom is -0.508 e. The molecule has 1 saturated heterocycles. The fourth-order valence-corrected chi connectivity index (χ4v) is 4.83. The molecule has 8 heteroatoms. The Morgan fingerprint density at radius 2 is 1.66 bits per heavy atom. The normalized spacial score (nSPS) is 16.6. The molecule has 214 valence electrons. The number of hydrogen-bond donors (Lipinski definition) is 2. The van der Waals surface area contributed by atoms with Crippen LogP contribution in [0.15, 0.2) is 72.3 Å². The van der Waals surface area contributed by atoms with Crippen LogP contribution in [-0.4, -0.2) is 41.1 Å². The second kappa shape index (κ2) is 11.9. The Labute approximate surface area is 239 Å². The molecule has 0 aromatic heterocycles. The number of hydrogen-bond acceptors (Lipinski definition) is 7. The lowest BCUT2D eigenvalue weighted by molar-refractivity contribution is -0.132. The number of anilines is 1. The number of carbonyl (C=O) groups excluding carboxylic acids is 3. The van der Waals surface area contributed by atoms with E-state index >= 15 is 0 Å². The largest absolute Gasteiger partial charge is 0.508 e. The van der Waals surface area contributed by atoms with Crippen molar-refractivity contribution in [2.24, 2.45) is 0 Å². The molecule has 1 atom stereocenters. The molecule has 0 bridgehead atoms. The lowest BCUT2D eigenvalue weighted by atomic mass is 9.84. The Morgan fingerprint density at radius 1 is 0.951 bits per heavy atom. The molecule has 41 heavy (non-hydrogen) atoms. The van der Waals surface area contributed by atoms with Gasteiger partial charge in [-0.15, -0.1) is 0 Å². The first-order valence-corrected chi connectivity index (χ1v) is 13.6. The van der Waals surface area contributed by atoms with Crippen LogP contribution in [0.1, 0.15) is 74.1 Å². The summed E-state index contributed by atoms with van der Waals surface area (Å²) in [7, 11) is 0. The molecule has 4 rings (SSSR count). The summed E-state index contributed by atoms with van der Waals surface area (Å²) >= 11 is 0. The molecule has 0 radical (unpaired) electrons. The van der Waals surface area contributed by atoms with Crippen molar-refractivity contribution in [1.29, 1.82) is 0 Å². The van der Waals surface area contributed by atoms with E-state index in [0.717, 1.165) is 5.56 Å². The van der Waals surface area contributed by atoms with Gasteiger partial charge in [0.05, 0.1) is 30.4 Å². The van der Waals surface area contributed by atoms with E-state index in [2.05, 4.69) is 0 Å². The highest BCUT2D eigenvalue weighted by atomic mass is 16.5. The summed E-state index contributed by atoms with van der Waals surface area (Å²) in [6.07, 6.45) is 0.656. The second-order valence-corrected chi connectivity index (χ2v) is 10.8. The van der Waals surface area contributed by atoms with E-state index < -0.39 is 23.7 Å². The summed E-state index contributed by atoms with van der Waals surface area (Å²) in [5.74, 6) is -1.94. The minimum absolute atomic E-state index is 0.00713. The first-order valence-electron chi connectivity index (χ1n) is 13.6. The van der Waals surface area contributed by atoms with E-state index in [9.17, 15) is 24.6 Å². The van der Waals surface area contributed by atoms with Gasteiger partial charge in [0.1, 0.15) is 17.3 Å². The molecule has 0 saturated carbocycles. The van der Waals surface area contributed by atoms with Gasteiger partial charge in [-0.3, -0.25) is 14.5 Å². The zero-order valence-corrected chi connectivity index (χ0v) is 23.9. The Bertz CT molecular complexity index is 1500. The third-order valence-electron chi connectivity index (χ3n) is 6.81. The quantitative estimate of drug-likeness (QED) is 0.145. The van der Waals surface area contributed by atoms with Crippen LogP contribution in [0.4, 0.5) is 5.69 Å². The molecule has 0 aliphatic carbocycles. The van der Waals surface area contributed by atoms with Gasteiger partial charge in [-0.1, -0.05) is 45.9 Å². The number of rotatable bonds is 8. The maximum Gasteiger partial charge on any atom is 0.338 e. The minimum atomic E-state index is -1.03. The van der Waals surface area contributed by atoms with Crippen molar-refractivity contribution in [3.05, 3.63) is 94.6 Å². The number of aliphatic hydroxyl groups is 1. The number of benzene rings is 3. The van der Waals surface area contributed by atoms with E-state index in [0.29, 0.717) is 29.9 Å². The van der Waals surface area contributed by atoms with Gasteiger partial charge < -0.3 is 19.7 Å². The van der Waals surface area contributed by atoms with Crippen molar-refractivity contribution in [3.63, 3.8) is 0 Å². The predicted octanol–water partition coefficient (Wildman–Crippen LogP) is 6.28. The summed E-state index contributed by atoms with van der Waals surface area (Å²) in [5.41, 5.74) is 1.75. The van der Waals surface area contributed by atoms with Crippen LogP contribution < -0.4 is 9.64 Å². The van der Waals surface area contributed by atoms with E-state index in [4.69, 9.17) is 9.47 Å². The van der Waals surface area contributed by atoms with Gasteiger partial charge in [-0.2, -0.15) is 0 Å². The zero-order chi connectivity index (χ0) is 29.9. The summed E-state index contributed by atoms with van der Waals surface area (Å²) in [6, 6.07) is 16.5. The fraction of sp³-hybridized carbons (Fsp3) is 0.303. The Kier molecular flexibility index (Phi) is 8.52. The third-order valence-corrected chi connectivity index (χ3v) is 6.81. The smallest absolute Gasteiger partial charge is 0.338 e. The average Bonchev–Trinajstić information content (AvgIpc) is 3.21. The lowest BCUT2D eigenvalue weighted by Gasteiger charge is -2.26. The Hall–Kier alpha value is -4.59. The number of esters is 1. The number of phenols is 1. The Balaban J connectivity index is 1.90. The van der Waals surface area contributed by atoms with Crippen LogP contribution >= 0.6 is 0 Å². The number of aromatic hydroxyl groups is 1. The molecule has 1 aliphatic rings. The van der Waals surface area contributed by atoms with Crippen molar-refractivity contribution < 1.29 is 34.1 Å². The number of carbonyl (C=O) groups is 3. The highest BCUT2D eigenvalue weighted by molar-refractivity contribution is 6.51. The molecule has 1 aliphatic heterocycles. The molecule has 8 nitrogen and oxygen atoms in total. The molecule has 1 unspecified atom stereocenters. The van der Waals surface area contributed by atoms with Crippen LogP contribution in [0.5, 0.6) is 11.5 Å². The zero-order valence-electron chi connectivity index (χ0n) is 23.9. The van der Waals surface area contributed by atoms with E-state index in [1.165, 1.54) is 23.1 Å². The summed E-state index contributed by atoms with van der Waals surface area (Å²) in [6.45, 7) is 10.5. The molecular formula is C33H35NO7. The number of amides is 1. The first-order chi connectivity index (χ1) is 19.5. The number of aliphatic hydroxyl groups excluding tert-OH is 1. The van der Waals surface area contributed by atoms with Gasteiger partial charge in [0.25, 0.3) is 11.7 Å². The molecule has 3 aromatic rings. The highest BCUT2D eigenvalue weighted by Gasteiger charge is 2.47. The van der Waals surface area contributed by atoms with Gasteiger partial charge in [-0.05, 0) is 72.9 Å². The summed E-state index contributed by atoms with van der Waals surface area (Å²) in [5, 5.41) is 21.5. The number of Topliss-reactive ketones (excluding diaryl/α,β-unsaturated/α-hetero) is 1. The van der Waals surface area contributed by atoms with Gasteiger partial charge in [0.2, 0.25) is 0 Å². The highest BCUT2D eigenvalue weighted by Crippen LogP contribution is 2.43. The van der Waals surface area contributed by atoms with E-state index in [1.807, 2.05) is 34.6 Å². The van der Waals surface area contributed by atoms with Gasteiger partial charge in [-0.25, -0.2) is 4.79 Å². The van der Waals surface area contributed by atoms with Crippen LogP contribution in [0.3, 0.4) is 0 Å². The number of nitrogens with zero attached hydrogens (tertiary/aromatic N) is 1. The standard InChI is InChI=1S/C33H35NO7/c1-6-17-41-32(39)22-9-8-10-23(18-22)34-28(20-11-14-24(35)15-12-20)27(30(37)31(34)38)29(36)21-13-16-26(40-7-2)25(19-21)33(3,4)5/h8-16,18-19,28,35-36H,6-7,17H2,1-5H3/b29-27-. The Morgan fingerprint density at radius 3 is 2.29 bits per heavy atom. The summed E-state index contributed by atoms with van der Waals surface area (Å²) in [4.78, 5) is 41.0. The number of ether oxygens (including phenoxy) is 2. The van der Waals surface area contributed by atoms with Crippen molar-refractivity contribution in [1.82, 2.24) is 0 Å².